The van der Waals surface area contributed by atoms with Crippen molar-refractivity contribution in [2.24, 2.45) is 0 Å². The summed E-state index contributed by atoms with van der Waals surface area (Å²) in [6.45, 7) is 0. The van der Waals surface area contributed by atoms with Crippen LogP contribution in [-0.2, 0) is 4.74 Å². The van der Waals surface area contributed by atoms with Crippen LogP contribution in [0, 0.1) is 11.6 Å². The van der Waals surface area contributed by atoms with Crippen molar-refractivity contribution in [3.63, 3.8) is 0 Å². The van der Waals surface area contributed by atoms with Crippen molar-refractivity contribution in [3.8, 4) is 0 Å². The second-order valence-electron chi connectivity index (χ2n) is 3.56. The minimum absolute atomic E-state index is 0.125. The predicted molar refractivity (Wildman–Crippen MR) is 49.4 cm³/mol. The molecule has 1 fully saturated rings. The highest BCUT2D eigenvalue weighted by atomic mass is 19.2. The van der Waals surface area contributed by atoms with Gasteiger partial charge in [0.1, 0.15) is 6.10 Å². The normalized spacial score (nSPS) is 15.9. The van der Waals surface area contributed by atoms with Gasteiger partial charge >= 0.3 is 5.97 Å². The molecule has 1 aliphatic carbocycles. The summed E-state index contributed by atoms with van der Waals surface area (Å²) in [7, 11) is 0. The van der Waals surface area contributed by atoms with Gasteiger partial charge in [0.15, 0.2) is 11.6 Å². The fraction of sp³-hybridized carbons (Fsp3) is 0.364. The molecule has 0 heterocycles. The van der Waals surface area contributed by atoms with Crippen LogP contribution in [0.3, 0.4) is 0 Å². The van der Waals surface area contributed by atoms with Crippen molar-refractivity contribution in [1.82, 2.24) is 0 Å². The van der Waals surface area contributed by atoms with Crippen LogP contribution in [0.2, 0.25) is 0 Å². The zero-order valence-corrected chi connectivity index (χ0v) is 8.00. The van der Waals surface area contributed by atoms with Gasteiger partial charge in [-0.15, -0.1) is 0 Å². The Hall–Kier alpha value is -1.45. The third-order valence-corrected chi connectivity index (χ3v) is 2.50. The van der Waals surface area contributed by atoms with E-state index < -0.39 is 17.6 Å². The van der Waals surface area contributed by atoms with E-state index in [4.69, 9.17) is 4.74 Å². The maximum Gasteiger partial charge on any atom is 0.341 e. The Kier molecular flexibility index (Phi) is 2.66. The number of ether oxygens (including phenoxy) is 1. The van der Waals surface area contributed by atoms with Crippen LogP contribution in [0.4, 0.5) is 8.78 Å². The van der Waals surface area contributed by atoms with Crippen LogP contribution in [0.25, 0.3) is 0 Å². The number of esters is 1. The summed E-state index contributed by atoms with van der Waals surface area (Å²) in [4.78, 5) is 11.4. The van der Waals surface area contributed by atoms with E-state index in [0.717, 1.165) is 25.3 Å². The minimum Gasteiger partial charge on any atom is -0.459 e. The molecule has 0 aliphatic heterocycles. The Balaban J connectivity index is 2.13. The van der Waals surface area contributed by atoms with Gasteiger partial charge in [0.2, 0.25) is 0 Å². The second kappa shape index (κ2) is 3.96. The van der Waals surface area contributed by atoms with Crippen LogP contribution in [0.15, 0.2) is 18.2 Å². The molecule has 0 aromatic heterocycles. The molecule has 0 bridgehead atoms. The molecule has 0 radical (unpaired) electrons. The molecule has 0 spiro atoms. The Morgan fingerprint density at radius 2 is 2.07 bits per heavy atom. The fourth-order valence-electron chi connectivity index (χ4n) is 1.36. The molecule has 0 unspecified atom stereocenters. The van der Waals surface area contributed by atoms with Crippen molar-refractivity contribution in [1.29, 1.82) is 0 Å². The van der Waals surface area contributed by atoms with Crippen LogP contribution < -0.4 is 0 Å². The average Bonchev–Trinajstić information content (AvgIpc) is 2.15. The standard InChI is InChI=1S/C11H10F2O2/c12-9-6-2-5-8(10(9)13)11(14)15-7-3-1-4-7/h2,5-7H,1,3-4H2. The largest absolute Gasteiger partial charge is 0.459 e. The lowest BCUT2D eigenvalue weighted by atomic mass is 9.96. The smallest absolute Gasteiger partial charge is 0.341 e. The van der Waals surface area contributed by atoms with Gasteiger partial charge in [-0.25, -0.2) is 13.6 Å². The van der Waals surface area contributed by atoms with Crippen molar-refractivity contribution in [2.75, 3.05) is 0 Å². The monoisotopic (exact) mass is 212 g/mol. The summed E-state index contributed by atoms with van der Waals surface area (Å²) in [6.07, 6.45) is 2.51. The van der Waals surface area contributed by atoms with E-state index in [2.05, 4.69) is 0 Å². The molecule has 1 aromatic carbocycles. The molecule has 0 saturated heterocycles. The number of hydrogen-bond donors (Lipinski definition) is 0. The van der Waals surface area contributed by atoms with E-state index in [0.29, 0.717) is 0 Å². The molecule has 1 saturated carbocycles. The highest BCUT2D eigenvalue weighted by Gasteiger charge is 2.24. The summed E-state index contributed by atoms with van der Waals surface area (Å²) in [6, 6.07) is 3.48. The quantitative estimate of drug-likeness (QED) is 0.704. The average molecular weight is 212 g/mol. The van der Waals surface area contributed by atoms with Crippen LogP contribution in [0.5, 0.6) is 0 Å². The number of halogens is 2. The maximum absolute atomic E-state index is 13.1. The third kappa shape index (κ3) is 1.98. The third-order valence-electron chi connectivity index (χ3n) is 2.50. The van der Waals surface area contributed by atoms with Gasteiger partial charge < -0.3 is 4.74 Å². The van der Waals surface area contributed by atoms with Crippen molar-refractivity contribution in [3.05, 3.63) is 35.4 Å². The molecule has 2 rings (SSSR count). The maximum atomic E-state index is 13.1. The zero-order valence-electron chi connectivity index (χ0n) is 8.00. The molecule has 4 heteroatoms. The summed E-state index contributed by atoms with van der Waals surface area (Å²) in [5.41, 5.74) is -0.332. The number of carbonyl (C=O) groups excluding carboxylic acids is 1. The molecular formula is C11H10F2O2. The van der Waals surface area contributed by atoms with E-state index in [9.17, 15) is 13.6 Å². The first-order valence-electron chi connectivity index (χ1n) is 4.83. The van der Waals surface area contributed by atoms with Gasteiger partial charge in [0, 0.05) is 0 Å². The molecule has 2 nitrogen and oxygen atoms in total. The number of benzene rings is 1. The van der Waals surface area contributed by atoms with Crippen LogP contribution in [0.1, 0.15) is 29.6 Å². The SMILES string of the molecule is O=C(OC1CCC1)c1cccc(F)c1F. The fourth-order valence-corrected chi connectivity index (χ4v) is 1.36. The van der Waals surface area contributed by atoms with Gasteiger partial charge in [-0.3, -0.25) is 0 Å². The van der Waals surface area contributed by atoms with E-state index >= 15 is 0 Å². The summed E-state index contributed by atoms with van der Waals surface area (Å²) in [5.74, 6) is -2.95. The number of hydrogen-bond acceptors (Lipinski definition) is 2. The van der Waals surface area contributed by atoms with Crippen molar-refractivity contribution < 1.29 is 18.3 Å². The summed E-state index contributed by atoms with van der Waals surface area (Å²) < 4.78 is 30.9. The lowest BCUT2D eigenvalue weighted by Crippen LogP contribution is -2.25. The molecular weight excluding hydrogens is 202 g/mol. The first-order chi connectivity index (χ1) is 7.18. The zero-order chi connectivity index (χ0) is 10.8. The first kappa shape index (κ1) is 10.1. The molecule has 80 valence electrons. The molecule has 0 N–H and O–H groups in total. The van der Waals surface area contributed by atoms with E-state index in [1.165, 1.54) is 12.1 Å². The Morgan fingerprint density at radius 1 is 1.33 bits per heavy atom. The van der Waals surface area contributed by atoms with Crippen LogP contribution in [-0.4, -0.2) is 12.1 Å². The van der Waals surface area contributed by atoms with Gasteiger partial charge in [0.05, 0.1) is 5.56 Å². The van der Waals surface area contributed by atoms with Gasteiger partial charge in [-0.2, -0.15) is 0 Å². The van der Waals surface area contributed by atoms with Crippen molar-refractivity contribution in [2.45, 2.75) is 25.4 Å². The lowest BCUT2D eigenvalue weighted by molar-refractivity contribution is 0.00844. The van der Waals surface area contributed by atoms with Gasteiger partial charge in [-0.1, -0.05) is 6.07 Å². The molecule has 15 heavy (non-hydrogen) atoms. The lowest BCUT2D eigenvalue weighted by Gasteiger charge is -2.25. The van der Waals surface area contributed by atoms with Crippen LogP contribution >= 0.6 is 0 Å². The first-order valence-corrected chi connectivity index (χ1v) is 4.83. The Labute approximate surface area is 85.9 Å². The number of rotatable bonds is 2. The second-order valence-corrected chi connectivity index (χ2v) is 3.56. The minimum atomic E-state index is -1.14. The highest BCUT2D eigenvalue weighted by molar-refractivity contribution is 5.89. The molecule has 1 aromatic rings. The summed E-state index contributed by atoms with van der Waals surface area (Å²) >= 11 is 0. The molecule has 0 atom stereocenters. The van der Waals surface area contributed by atoms with E-state index in [1.54, 1.807) is 0 Å². The topological polar surface area (TPSA) is 26.3 Å². The predicted octanol–water partition coefficient (Wildman–Crippen LogP) is 2.67. The summed E-state index contributed by atoms with van der Waals surface area (Å²) in [5, 5.41) is 0. The van der Waals surface area contributed by atoms with Gasteiger partial charge in [0.25, 0.3) is 0 Å². The van der Waals surface area contributed by atoms with Gasteiger partial charge in [-0.05, 0) is 31.4 Å². The van der Waals surface area contributed by atoms with Crippen molar-refractivity contribution >= 4 is 5.97 Å². The highest BCUT2D eigenvalue weighted by Crippen LogP contribution is 2.23. The molecule has 1 aliphatic rings. The van der Waals surface area contributed by atoms with E-state index in [1.807, 2.05) is 0 Å². The Bertz CT molecular complexity index is 386. The Morgan fingerprint density at radius 3 is 2.67 bits per heavy atom. The van der Waals surface area contributed by atoms with E-state index in [-0.39, 0.29) is 11.7 Å². The molecule has 0 amide bonds. The number of carbonyl (C=O) groups is 1.